The van der Waals surface area contributed by atoms with Gasteiger partial charge in [-0.05, 0) is 13.3 Å². The monoisotopic (exact) mass is 195 g/mol. The van der Waals surface area contributed by atoms with Crippen molar-refractivity contribution in [1.29, 1.82) is 0 Å². The van der Waals surface area contributed by atoms with Gasteiger partial charge in [-0.3, -0.25) is 4.98 Å². The molecule has 0 radical (unpaired) electrons. The van der Waals surface area contributed by atoms with Crippen LogP contribution in [0.4, 0.5) is 0 Å². The molecule has 0 saturated heterocycles. The third kappa shape index (κ3) is 3.30. The zero-order chi connectivity index (χ0) is 10.4. The number of ether oxygens (including phenoxy) is 1. The molecule has 1 unspecified atom stereocenters. The number of rotatable bonds is 5. The predicted octanol–water partition coefficient (Wildman–Crippen LogP) is 1.50. The molecule has 4 nitrogen and oxygen atoms in total. The second kappa shape index (κ2) is 5.54. The van der Waals surface area contributed by atoms with Gasteiger partial charge in [-0.1, -0.05) is 13.3 Å². The average Bonchev–Trinajstić information content (AvgIpc) is 2.19. The number of nitrogens with two attached hydrogens (primary N) is 1. The van der Waals surface area contributed by atoms with Gasteiger partial charge in [-0.15, -0.1) is 0 Å². The van der Waals surface area contributed by atoms with E-state index in [1.165, 1.54) is 0 Å². The molecule has 78 valence electrons. The van der Waals surface area contributed by atoms with Gasteiger partial charge in [0.2, 0.25) is 5.88 Å². The molecule has 1 heterocycles. The number of hydrogen-bond donors (Lipinski definition) is 1. The topological polar surface area (TPSA) is 61.0 Å². The molecule has 0 aromatic carbocycles. The molecule has 0 aliphatic carbocycles. The van der Waals surface area contributed by atoms with E-state index in [1.54, 1.807) is 12.4 Å². The van der Waals surface area contributed by atoms with E-state index in [9.17, 15) is 0 Å². The van der Waals surface area contributed by atoms with Crippen LogP contribution in [0.15, 0.2) is 12.4 Å². The molecule has 0 saturated carbocycles. The van der Waals surface area contributed by atoms with Crippen LogP contribution >= 0.6 is 0 Å². The quantitative estimate of drug-likeness (QED) is 0.773. The zero-order valence-corrected chi connectivity index (χ0v) is 8.73. The van der Waals surface area contributed by atoms with Gasteiger partial charge in [0, 0.05) is 6.54 Å². The van der Waals surface area contributed by atoms with Crippen molar-refractivity contribution in [3.8, 4) is 5.88 Å². The van der Waals surface area contributed by atoms with Gasteiger partial charge >= 0.3 is 0 Å². The summed E-state index contributed by atoms with van der Waals surface area (Å²) in [6, 6.07) is 0. The second-order valence-corrected chi connectivity index (χ2v) is 3.27. The van der Waals surface area contributed by atoms with Crippen LogP contribution in [0.3, 0.4) is 0 Å². The molecule has 4 heteroatoms. The highest BCUT2D eigenvalue weighted by atomic mass is 16.5. The fourth-order valence-corrected chi connectivity index (χ4v) is 1.18. The van der Waals surface area contributed by atoms with E-state index in [2.05, 4.69) is 16.9 Å². The van der Waals surface area contributed by atoms with Crippen molar-refractivity contribution in [3.63, 3.8) is 0 Å². The number of aromatic nitrogens is 2. The van der Waals surface area contributed by atoms with Gasteiger partial charge in [0.25, 0.3) is 0 Å². The van der Waals surface area contributed by atoms with Crippen LogP contribution in [0, 0.1) is 0 Å². The Kier molecular flexibility index (Phi) is 4.32. The van der Waals surface area contributed by atoms with Crippen molar-refractivity contribution in [2.75, 3.05) is 0 Å². The molecule has 0 bridgehead atoms. The van der Waals surface area contributed by atoms with Crippen LogP contribution in [0.1, 0.15) is 32.4 Å². The summed E-state index contributed by atoms with van der Waals surface area (Å²) < 4.78 is 5.54. The van der Waals surface area contributed by atoms with Gasteiger partial charge in [-0.25, -0.2) is 4.98 Å². The highest BCUT2D eigenvalue weighted by Gasteiger charge is 2.03. The van der Waals surface area contributed by atoms with E-state index in [-0.39, 0.29) is 6.10 Å². The van der Waals surface area contributed by atoms with Crippen molar-refractivity contribution >= 4 is 0 Å². The van der Waals surface area contributed by atoms with E-state index >= 15 is 0 Å². The van der Waals surface area contributed by atoms with Crippen LogP contribution in [-0.4, -0.2) is 16.1 Å². The molecule has 0 aliphatic rings. The fraction of sp³-hybridized carbons (Fsp3) is 0.600. The smallest absolute Gasteiger partial charge is 0.232 e. The van der Waals surface area contributed by atoms with Gasteiger partial charge in [0.1, 0.15) is 0 Å². The Morgan fingerprint density at radius 2 is 2.21 bits per heavy atom. The minimum Gasteiger partial charge on any atom is -0.474 e. The summed E-state index contributed by atoms with van der Waals surface area (Å²) >= 11 is 0. The standard InChI is InChI=1S/C10H17N3O/c1-3-4-8(2)14-10-7-12-9(5-11)6-13-10/h6-8H,3-5,11H2,1-2H3. The summed E-state index contributed by atoms with van der Waals surface area (Å²) in [4.78, 5) is 8.20. The van der Waals surface area contributed by atoms with Crippen molar-refractivity contribution < 1.29 is 4.74 Å². The molecule has 0 spiro atoms. The first kappa shape index (κ1) is 10.9. The highest BCUT2D eigenvalue weighted by Crippen LogP contribution is 2.09. The van der Waals surface area contributed by atoms with Crippen LogP contribution in [-0.2, 0) is 6.54 Å². The zero-order valence-electron chi connectivity index (χ0n) is 8.73. The van der Waals surface area contributed by atoms with E-state index in [4.69, 9.17) is 10.5 Å². The number of nitrogens with zero attached hydrogens (tertiary/aromatic N) is 2. The van der Waals surface area contributed by atoms with Crippen LogP contribution < -0.4 is 10.5 Å². The van der Waals surface area contributed by atoms with E-state index in [0.717, 1.165) is 18.5 Å². The van der Waals surface area contributed by atoms with Gasteiger partial charge in [0.15, 0.2) is 0 Å². The third-order valence-corrected chi connectivity index (χ3v) is 1.91. The Labute approximate surface area is 84.5 Å². The predicted molar refractivity (Wildman–Crippen MR) is 54.9 cm³/mol. The summed E-state index contributed by atoms with van der Waals surface area (Å²) in [5.74, 6) is 0.572. The summed E-state index contributed by atoms with van der Waals surface area (Å²) in [5.41, 5.74) is 6.18. The summed E-state index contributed by atoms with van der Waals surface area (Å²) in [7, 11) is 0. The molecule has 1 aromatic rings. The molecule has 0 aliphatic heterocycles. The molecular formula is C10H17N3O. The average molecular weight is 195 g/mol. The SMILES string of the molecule is CCCC(C)Oc1cnc(CN)cn1. The Morgan fingerprint density at radius 1 is 1.43 bits per heavy atom. The Balaban J connectivity index is 2.50. The first-order valence-corrected chi connectivity index (χ1v) is 4.94. The number of hydrogen-bond acceptors (Lipinski definition) is 4. The summed E-state index contributed by atoms with van der Waals surface area (Å²) in [6.45, 7) is 4.57. The first-order chi connectivity index (χ1) is 6.76. The molecule has 1 aromatic heterocycles. The molecule has 0 amide bonds. The lowest BCUT2D eigenvalue weighted by Gasteiger charge is -2.12. The maximum Gasteiger partial charge on any atom is 0.232 e. The minimum atomic E-state index is 0.193. The first-order valence-electron chi connectivity index (χ1n) is 4.94. The molecule has 0 fully saturated rings. The lowest BCUT2D eigenvalue weighted by atomic mass is 10.2. The lowest BCUT2D eigenvalue weighted by Crippen LogP contribution is -2.12. The molecule has 14 heavy (non-hydrogen) atoms. The largest absolute Gasteiger partial charge is 0.474 e. The molecule has 1 atom stereocenters. The summed E-state index contributed by atoms with van der Waals surface area (Å²) in [5, 5.41) is 0. The van der Waals surface area contributed by atoms with E-state index in [1.807, 2.05) is 6.92 Å². The highest BCUT2D eigenvalue weighted by molar-refractivity contribution is 5.07. The Bertz CT molecular complexity index is 261. The van der Waals surface area contributed by atoms with Crippen molar-refractivity contribution in [3.05, 3.63) is 18.1 Å². The van der Waals surface area contributed by atoms with Crippen LogP contribution in [0.5, 0.6) is 5.88 Å². The molecule has 1 rings (SSSR count). The fourth-order valence-electron chi connectivity index (χ4n) is 1.18. The van der Waals surface area contributed by atoms with E-state index < -0.39 is 0 Å². The molecule has 2 N–H and O–H groups in total. The maximum atomic E-state index is 5.54. The normalized spacial score (nSPS) is 12.5. The van der Waals surface area contributed by atoms with Crippen molar-refractivity contribution in [2.45, 2.75) is 39.3 Å². The Hall–Kier alpha value is -1.16. The molecular weight excluding hydrogens is 178 g/mol. The third-order valence-electron chi connectivity index (χ3n) is 1.91. The van der Waals surface area contributed by atoms with Crippen molar-refractivity contribution in [1.82, 2.24) is 9.97 Å². The van der Waals surface area contributed by atoms with E-state index in [0.29, 0.717) is 12.4 Å². The summed E-state index contributed by atoms with van der Waals surface area (Å²) in [6.07, 6.45) is 5.59. The second-order valence-electron chi connectivity index (χ2n) is 3.27. The maximum absolute atomic E-state index is 5.54. The van der Waals surface area contributed by atoms with Crippen molar-refractivity contribution in [2.24, 2.45) is 5.73 Å². The van der Waals surface area contributed by atoms with Crippen LogP contribution in [0.25, 0.3) is 0 Å². The Morgan fingerprint density at radius 3 is 2.71 bits per heavy atom. The van der Waals surface area contributed by atoms with Crippen LogP contribution in [0.2, 0.25) is 0 Å². The van der Waals surface area contributed by atoms with Gasteiger partial charge < -0.3 is 10.5 Å². The lowest BCUT2D eigenvalue weighted by molar-refractivity contribution is 0.200. The minimum absolute atomic E-state index is 0.193. The van der Waals surface area contributed by atoms with Gasteiger partial charge in [0.05, 0.1) is 24.2 Å². The van der Waals surface area contributed by atoms with Gasteiger partial charge in [-0.2, -0.15) is 0 Å².